The minimum absolute atomic E-state index is 0.0294. The maximum atomic E-state index is 12.2. The Balaban J connectivity index is 2.08. The second-order valence-corrected chi connectivity index (χ2v) is 5.47. The maximum Gasteiger partial charge on any atom is 0.352 e. The molecule has 0 aliphatic heterocycles. The molecule has 1 amide bonds. The number of anilines is 2. The van der Waals surface area contributed by atoms with Gasteiger partial charge in [0.15, 0.2) is 0 Å². The number of nitrogens with zero attached hydrogens (tertiary/aromatic N) is 2. The third-order valence-corrected chi connectivity index (χ3v) is 3.72. The topological polar surface area (TPSA) is 115 Å². The molecule has 1 aromatic heterocycles. The molecule has 1 heterocycles. The van der Waals surface area contributed by atoms with E-state index in [0.717, 1.165) is 5.69 Å². The summed E-state index contributed by atoms with van der Waals surface area (Å²) >= 11 is 0. The highest BCUT2D eigenvalue weighted by Crippen LogP contribution is 2.19. The number of nitrogens with one attached hydrogen (secondary N) is 1. The average molecular weight is 347 g/mol. The molecular formula is C17H21N3O5. The molecule has 134 valence electrons. The minimum Gasteiger partial charge on any atom is -0.477 e. The van der Waals surface area contributed by atoms with E-state index >= 15 is 0 Å². The first-order valence-electron chi connectivity index (χ1n) is 7.74. The van der Waals surface area contributed by atoms with Crippen LogP contribution >= 0.6 is 0 Å². The summed E-state index contributed by atoms with van der Waals surface area (Å²) in [7, 11) is 1.56. The van der Waals surface area contributed by atoms with Gasteiger partial charge in [0.1, 0.15) is 5.69 Å². The number of benzene rings is 1. The molecule has 2 rings (SSSR count). The summed E-state index contributed by atoms with van der Waals surface area (Å²) in [6.07, 6.45) is 1.46. The Morgan fingerprint density at radius 3 is 2.20 bits per heavy atom. The maximum absolute atomic E-state index is 12.2. The summed E-state index contributed by atoms with van der Waals surface area (Å²) in [5.74, 6) is -1.50. The predicted octanol–water partition coefficient (Wildman–Crippen LogP) is 0.767. The highest BCUT2D eigenvalue weighted by molar-refractivity contribution is 6.05. The van der Waals surface area contributed by atoms with Crippen LogP contribution in [0.25, 0.3) is 0 Å². The Morgan fingerprint density at radius 2 is 1.72 bits per heavy atom. The van der Waals surface area contributed by atoms with E-state index in [4.69, 9.17) is 15.3 Å². The molecule has 0 radical (unpaired) electrons. The molecule has 8 heteroatoms. The van der Waals surface area contributed by atoms with E-state index in [9.17, 15) is 9.59 Å². The first-order valence-corrected chi connectivity index (χ1v) is 7.74. The minimum atomic E-state index is -1.10. The van der Waals surface area contributed by atoms with Crippen LogP contribution in [0.2, 0.25) is 0 Å². The van der Waals surface area contributed by atoms with Crippen LogP contribution in [0.3, 0.4) is 0 Å². The van der Waals surface area contributed by atoms with Gasteiger partial charge in [-0.25, -0.2) is 4.79 Å². The van der Waals surface area contributed by atoms with E-state index in [1.807, 2.05) is 4.90 Å². The van der Waals surface area contributed by atoms with Gasteiger partial charge in [-0.2, -0.15) is 0 Å². The highest BCUT2D eigenvalue weighted by Gasteiger charge is 2.15. The van der Waals surface area contributed by atoms with E-state index in [-0.39, 0.29) is 24.5 Å². The zero-order valence-electron chi connectivity index (χ0n) is 13.8. The largest absolute Gasteiger partial charge is 0.477 e. The van der Waals surface area contributed by atoms with Gasteiger partial charge in [-0.05, 0) is 30.3 Å². The molecule has 0 saturated heterocycles. The fraction of sp³-hybridized carbons (Fsp3) is 0.294. The molecule has 0 spiro atoms. The van der Waals surface area contributed by atoms with Gasteiger partial charge in [0.05, 0.1) is 18.8 Å². The molecule has 8 nitrogen and oxygen atoms in total. The molecule has 0 aliphatic carbocycles. The number of carbonyl (C=O) groups is 2. The monoisotopic (exact) mass is 347 g/mol. The van der Waals surface area contributed by atoms with E-state index < -0.39 is 11.9 Å². The Hall–Kier alpha value is -2.84. The fourth-order valence-electron chi connectivity index (χ4n) is 2.47. The smallest absolute Gasteiger partial charge is 0.352 e. The molecule has 25 heavy (non-hydrogen) atoms. The molecule has 2 aromatic rings. The molecule has 0 atom stereocenters. The number of hydrogen-bond donors (Lipinski definition) is 4. The van der Waals surface area contributed by atoms with Gasteiger partial charge >= 0.3 is 5.97 Å². The molecule has 1 aromatic carbocycles. The lowest BCUT2D eigenvalue weighted by Gasteiger charge is -2.23. The van der Waals surface area contributed by atoms with Crippen LogP contribution in [0.15, 0.2) is 36.5 Å². The standard InChI is InChI=1S/C17H21N3O5/c1-19-11-12(10-15(19)17(24)25)16(23)18-13-2-4-14(5-3-13)20(6-8-21)7-9-22/h2-5,10-11,21-22H,6-9H2,1H3,(H,18,23)(H,24,25). The number of hydrogen-bond acceptors (Lipinski definition) is 5. The zero-order valence-corrected chi connectivity index (χ0v) is 13.8. The van der Waals surface area contributed by atoms with Gasteiger partial charge in [0.2, 0.25) is 0 Å². The van der Waals surface area contributed by atoms with Crippen LogP contribution in [-0.4, -0.2) is 58.1 Å². The van der Waals surface area contributed by atoms with Crippen molar-refractivity contribution in [3.8, 4) is 0 Å². The Labute approximate surface area is 144 Å². The second kappa shape index (κ2) is 8.32. The normalized spacial score (nSPS) is 10.5. The van der Waals surface area contributed by atoms with E-state index in [0.29, 0.717) is 18.8 Å². The molecule has 0 aliphatic rings. The number of aromatic carboxylic acids is 1. The molecule has 0 saturated carbocycles. The summed E-state index contributed by atoms with van der Waals surface area (Å²) in [5.41, 5.74) is 1.66. The SMILES string of the molecule is Cn1cc(C(=O)Nc2ccc(N(CCO)CCO)cc2)cc1C(=O)O. The van der Waals surface area contributed by atoms with E-state index in [1.165, 1.54) is 16.8 Å². The van der Waals surface area contributed by atoms with Gasteiger partial charge < -0.3 is 30.1 Å². The number of amides is 1. The number of aliphatic hydroxyl groups excluding tert-OH is 2. The van der Waals surface area contributed by atoms with Crippen molar-refractivity contribution >= 4 is 23.3 Å². The first-order chi connectivity index (χ1) is 12.0. The number of aromatic nitrogens is 1. The van der Waals surface area contributed by atoms with Crippen molar-refractivity contribution in [2.75, 3.05) is 36.5 Å². The first kappa shape index (κ1) is 18.5. The summed E-state index contributed by atoms with van der Waals surface area (Å²) in [6, 6.07) is 8.27. The Morgan fingerprint density at radius 1 is 1.12 bits per heavy atom. The molecule has 0 fully saturated rings. The highest BCUT2D eigenvalue weighted by atomic mass is 16.4. The quantitative estimate of drug-likeness (QED) is 0.561. The lowest BCUT2D eigenvalue weighted by molar-refractivity contribution is 0.0686. The summed E-state index contributed by atoms with van der Waals surface area (Å²) in [4.78, 5) is 25.1. The average Bonchev–Trinajstić information content (AvgIpc) is 2.98. The number of aliphatic hydroxyl groups is 2. The van der Waals surface area contributed by atoms with E-state index in [2.05, 4.69) is 5.32 Å². The van der Waals surface area contributed by atoms with Crippen molar-refractivity contribution < 1.29 is 24.9 Å². The van der Waals surface area contributed by atoms with Crippen molar-refractivity contribution in [1.29, 1.82) is 0 Å². The number of rotatable bonds is 8. The summed E-state index contributed by atoms with van der Waals surface area (Å²) in [6.45, 7) is 0.735. The van der Waals surface area contributed by atoms with Gasteiger partial charge in [0, 0.05) is 37.7 Å². The van der Waals surface area contributed by atoms with Crippen molar-refractivity contribution in [3.05, 3.63) is 47.8 Å². The summed E-state index contributed by atoms with van der Waals surface area (Å²) in [5, 5.41) is 29.9. The lowest BCUT2D eigenvalue weighted by atomic mass is 10.2. The second-order valence-electron chi connectivity index (χ2n) is 5.47. The third kappa shape index (κ3) is 4.59. The van der Waals surface area contributed by atoms with Crippen LogP contribution in [0.5, 0.6) is 0 Å². The Kier molecular flexibility index (Phi) is 6.15. The number of carbonyl (C=O) groups excluding carboxylic acids is 1. The number of carboxylic acids is 1. The molecule has 0 unspecified atom stereocenters. The van der Waals surface area contributed by atoms with E-state index in [1.54, 1.807) is 31.3 Å². The molecule has 0 bridgehead atoms. The lowest BCUT2D eigenvalue weighted by Crippen LogP contribution is -2.29. The van der Waals surface area contributed by atoms with Crippen molar-refractivity contribution in [1.82, 2.24) is 4.57 Å². The van der Waals surface area contributed by atoms with Gasteiger partial charge in [0.25, 0.3) is 5.91 Å². The predicted molar refractivity (Wildman–Crippen MR) is 93.2 cm³/mol. The zero-order chi connectivity index (χ0) is 18.4. The van der Waals surface area contributed by atoms with Crippen LogP contribution < -0.4 is 10.2 Å². The van der Waals surface area contributed by atoms with Gasteiger partial charge in [-0.1, -0.05) is 0 Å². The molecular weight excluding hydrogens is 326 g/mol. The Bertz CT molecular complexity index is 733. The van der Waals surface area contributed by atoms with Crippen LogP contribution in [0.1, 0.15) is 20.8 Å². The van der Waals surface area contributed by atoms with Gasteiger partial charge in [-0.15, -0.1) is 0 Å². The summed E-state index contributed by atoms with van der Waals surface area (Å²) < 4.78 is 1.38. The number of carboxylic acid groups (broad SMARTS) is 1. The van der Waals surface area contributed by atoms with Crippen LogP contribution in [-0.2, 0) is 7.05 Å². The third-order valence-electron chi connectivity index (χ3n) is 3.72. The fourth-order valence-corrected chi connectivity index (χ4v) is 2.47. The van der Waals surface area contributed by atoms with Crippen LogP contribution in [0, 0.1) is 0 Å². The van der Waals surface area contributed by atoms with Crippen molar-refractivity contribution in [2.45, 2.75) is 0 Å². The van der Waals surface area contributed by atoms with Crippen molar-refractivity contribution in [3.63, 3.8) is 0 Å². The van der Waals surface area contributed by atoms with Gasteiger partial charge in [-0.3, -0.25) is 4.79 Å². The molecule has 4 N–H and O–H groups in total. The number of aryl methyl sites for hydroxylation is 1. The van der Waals surface area contributed by atoms with Crippen LogP contribution in [0.4, 0.5) is 11.4 Å². The van der Waals surface area contributed by atoms with Crippen molar-refractivity contribution in [2.24, 2.45) is 7.05 Å².